The molecule has 1 heterocycles. The molecule has 0 radical (unpaired) electrons. The van der Waals surface area contributed by atoms with Crippen molar-refractivity contribution in [1.82, 2.24) is 5.32 Å². The van der Waals surface area contributed by atoms with Gasteiger partial charge in [-0.2, -0.15) is 11.8 Å². The maximum atomic E-state index is 11.7. The van der Waals surface area contributed by atoms with E-state index in [1.165, 1.54) is 0 Å². The second-order valence-corrected chi connectivity index (χ2v) is 5.22. The third-order valence-electron chi connectivity index (χ3n) is 2.86. The largest absolute Gasteiger partial charge is 0.376 e. The van der Waals surface area contributed by atoms with Gasteiger partial charge in [0.2, 0.25) is 5.91 Å². The van der Waals surface area contributed by atoms with Crippen LogP contribution in [0.15, 0.2) is 0 Å². The van der Waals surface area contributed by atoms with Gasteiger partial charge in [-0.1, -0.05) is 0 Å². The number of hydrogen-bond donors (Lipinski definition) is 2. The summed E-state index contributed by atoms with van der Waals surface area (Å²) in [6.07, 6.45) is 5.02. The Morgan fingerprint density at radius 3 is 2.88 bits per heavy atom. The molecule has 0 aromatic rings. The van der Waals surface area contributed by atoms with E-state index < -0.39 is 6.04 Å². The van der Waals surface area contributed by atoms with Crippen LogP contribution in [0.5, 0.6) is 0 Å². The molecule has 1 aliphatic heterocycles. The molecule has 6 heteroatoms. The molecule has 17 heavy (non-hydrogen) atoms. The van der Waals surface area contributed by atoms with Gasteiger partial charge in [-0.25, -0.2) is 0 Å². The summed E-state index contributed by atoms with van der Waals surface area (Å²) in [5.41, 5.74) is 5.78. The minimum Gasteiger partial charge on any atom is -0.376 e. The van der Waals surface area contributed by atoms with Gasteiger partial charge < -0.3 is 15.8 Å². The van der Waals surface area contributed by atoms with Gasteiger partial charge in [0.1, 0.15) is 0 Å². The van der Waals surface area contributed by atoms with Crippen LogP contribution in [0.2, 0.25) is 0 Å². The van der Waals surface area contributed by atoms with Crippen LogP contribution in [-0.2, 0) is 9.53 Å². The van der Waals surface area contributed by atoms with E-state index in [9.17, 15) is 4.79 Å². The van der Waals surface area contributed by atoms with E-state index in [1.54, 1.807) is 11.8 Å². The molecule has 1 fully saturated rings. The molecule has 1 aliphatic rings. The second-order valence-electron chi connectivity index (χ2n) is 4.24. The normalized spacial score (nSPS) is 22.6. The van der Waals surface area contributed by atoms with E-state index in [4.69, 9.17) is 10.5 Å². The summed E-state index contributed by atoms with van der Waals surface area (Å²) in [4.78, 5) is 11.7. The first-order chi connectivity index (χ1) is 7.65. The lowest BCUT2D eigenvalue weighted by atomic mass is 10.1. The predicted molar refractivity (Wildman–Crippen MR) is 74.8 cm³/mol. The molecule has 2 unspecified atom stereocenters. The van der Waals surface area contributed by atoms with E-state index in [0.717, 1.165) is 31.6 Å². The first kappa shape index (κ1) is 17.0. The fourth-order valence-corrected chi connectivity index (χ4v) is 2.29. The Labute approximate surface area is 114 Å². The van der Waals surface area contributed by atoms with E-state index in [-0.39, 0.29) is 30.5 Å². The van der Waals surface area contributed by atoms with E-state index in [0.29, 0.717) is 0 Å². The lowest BCUT2D eigenvalue weighted by Crippen LogP contribution is -2.48. The van der Waals surface area contributed by atoms with Crippen molar-refractivity contribution in [1.29, 1.82) is 0 Å². The highest BCUT2D eigenvalue weighted by atomic mass is 35.5. The third kappa shape index (κ3) is 5.95. The molecular weight excluding hydrogens is 260 g/mol. The van der Waals surface area contributed by atoms with Crippen LogP contribution in [0.25, 0.3) is 0 Å². The Morgan fingerprint density at radius 2 is 2.35 bits per heavy atom. The second kappa shape index (κ2) is 9.03. The summed E-state index contributed by atoms with van der Waals surface area (Å²) < 4.78 is 5.52. The average Bonchev–Trinajstić information content (AvgIpc) is 2.79. The van der Waals surface area contributed by atoms with Crippen LogP contribution in [0.3, 0.4) is 0 Å². The number of hydrogen-bond acceptors (Lipinski definition) is 4. The first-order valence-corrected chi connectivity index (χ1v) is 7.21. The number of carbonyl (C=O) groups excluding carboxylic acids is 1. The number of rotatable bonds is 6. The molecule has 0 aromatic carbocycles. The quantitative estimate of drug-likeness (QED) is 0.768. The topological polar surface area (TPSA) is 64.4 Å². The van der Waals surface area contributed by atoms with Crippen LogP contribution in [0.4, 0.5) is 0 Å². The molecule has 1 rings (SSSR count). The third-order valence-corrected chi connectivity index (χ3v) is 3.51. The Bertz CT molecular complexity index is 226. The van der Waals surface area contributed by atoms with E-state index in [2.05, 4.69) is 5.32 Å². The van der Waals surface area contributed by atoms with Crippen LogP contribution in [-0.4, -0.2) is 42.7 Å². The number of amides is 1. The summed E-state index contributed by atoms with van der Waals surface area (Å²) in [7, 11) is 0. The fraction of sp³-hybridized carbons (Fsp3) is 0.909. The number of ether oxygens (including phenoxy) is 1. The smallest absolute Gasteiger partial charge is 0.237 e. The van der Waals surface area contributed by atoms with Crippen molar-refractivity contribution < 1.29 is 9.53 Å². The van der Waals surface area contributed by atoms with Gasteiger partial charge in [0, 0.05) is 6.61 Å². The highest BCUT2D eigenvalue weighted by Crippen LogP contribution is 2.15. The maximum absolute atomic E-state index is 11.7. The van der Waals surface area contributed by atoms with Crippen molar-refractivity contribution in [3.63, 3.8) is 0 Å². The fourth-order valence-electron chi connectivity index (χ4n) is 1.80. The standard InChI is InChI=1S/C11H22N2O2S.ClH/c1-8(10-4-3-6-15-10)13-11(14)9(12)5-7-16-2;/h8-10H,3-7,12H2,1-2H3,(H,13,14);1H/t8?,9-,10?;/m0./s1. The van der Waals surface area contributed by atoms with Crippen LogP contribution < -0.4 is 11.1 Å². The van der Waals surface area contributed by atoms with Crippen LogP contribution in [0.1, 0.15) is 26.2 Å². The highest BCUT2D eigenvalue weighted by Gasteiger charge is 2.25. The first-order valence-electron chi connectivity index (χ1n) is 5.81. The molecular formula is C11H23ClN2O2S. The lowest BCUT2D eigenvalue weighted by Gasteiger charge is -2.22. The molecule has 4 nitrogen and oxygen atoms in total. The Kier molecular flexibility index (Phi) is 9.04. The van der Waals surface area contributed by atoms with Crippen molar-refractivity contribution in [2.24, 2.45) is 5.73 Å². The van der Waals surface area contributed by atoms with E-state index in [1.807, 2.05) is 13.2 Å². The summed E-state index contributed by atoms with van der Waals surface area (Å²) in [6.45, 7) is 2.79. The molecule has 1 saturated heterocycles. The molecule has 102 valence electrons. The highest BCUT2D eigenvalue weighted by molar-refractivity contribution is 7.98. The Morgan fingerprint density at radius 1 is 1.65 bits per heavy atom. The van der Waals surface area contributed by atoms with Gasteiger partial charge in [0.25, 0.3) is 0 Å². The van der Waals surface area contributed by atoms with Crippen molar-refractivity contribution in [2.75, 3.05) is 18.6 Å². The number of carbonyl (C=O) groups is 1. The van der Waals surface area contributed by atoms with Crippen LogP contribution in [0, 0.1) is 0 Å². The van der Waals surface area contributed by atoms with Gasteiger partial charge in [0.15, 0.2) is 0 Å². The molecule has 3 atom stereocenters. The summed E-state index contributed by atoms with van der Waals surface area (Å²) in [5, 5.41) is 2.93. The van der Waals surface area contributed by atoms with Gasteiger partial charge >= 0.3 is 0 Å². The molecule has 0 spiro atoms. The zero-order valence-corrected chi connectivity index (χ0v) is 12.1. The number of nitrogens with one attached hydrogen (secondary N) is 1. The number of thioether (sulfide) groups is 1. The Balaban J connectivity index is 0.00000256. The summed E-state index contributed by atoms with van der Waals surface area (Å²) >= 11 is 1.71. The molecule has 0 aromatic heterocycles. The van der Waals surface area contributed by atoms with Gasteiger partial charge in [-0.3, -0.25) is 4.79 Å². The molecule has 0 bridgehead atoms. The van der Waals surface area contributed by atoms with Crippen molar-refractivity contribution in [3.8, 4) is 0 Å². The van der Waals surface area contributed by atoms with Gasteiger partial charge in [0.05, 0.1) is 18.2 Å². The van der Waals surface area contributed by atoms with E-state index >= 15 is 0 Å². The number of halogens is 1. The van der Waals surface area contributed by atoms with Crippen molar-refractivity contribution in [3.05, 3.63) is 0 Å². The maximum Gasteiger partial charge on any atom is 0.237 e. The molecule has 0 saturated carbocycles. The summed E-state index contributed by atoms with van der Waals surface area (Å²) in [6, 6.07) is -0.327. The van der Waals surface area contributed by atoms with Crippen molar-refractivity contribution >= 4 is 30.1 Å². The average molecular weight is 283 g/mol. The zero-order valence-electron chi connectivity index (χ0n) is 10.5. The van der Waals surface area contributed by atoms with Crippen LogP contribution >= 0.6 is 24.2 Å². The molecule has 3 N–H and O–H groups in total. The summed E-state index contributed by atoms with van der Waals surface area (Å²) in [5.74, 6) is 0.861. The van der Waals surface area contributed by atoms with Gasteiger partial charge in [-0.15, -0.1) is 12.4 Å². The Hall–Kier alpha value is 0.0300. The van der Waals surface area contributed by atoms with Gasteiger partial charge in [-0.05, 0) is 38.2 Å². The lowest BCUT2D eigenvalue weighted by molar-refractivity contribution is -0.123. The predicted octanol–water partition coefficient (Wildman–Crippen LogP) is 1.17. The monoisotopic (exact) mass is 282 g/mol. The number of nitrogens with two attached hydrogens (primary N) is 1. The minimum atomic E-state index is -0.392. The molecule has 0 aliphatic carbocycles. The SMILES string of the molecule is CSCC[C@H](N)C(=O)NC(C)C1CCCO1.Cl. The minimum absolute atomic E-state index is 0. The molecule has 1 amide bonds. The zero-order chi connectivity index (χ0) is 12.0. The van der Waals surface area contributed by atoms with Crippen molar-refractivity contribution in [2.45, 2.75) is 44.4 Å².